The molecule has 0 fully saturated rings. The van der Waals surface area contributed by atoms with Crippen LogP contribution in [-0.2, 0) is 0 Å². The fourth-order valence-corrected chi connectivity index (χ4v) is 2.16. The lowest BCUT2D eigenvalue weighted by Gasteiger charge is -2.12. The van der Waals surface area contributed by atoms with Gasteiger partial charge in [-0.2, -0.15) is 0 Å². The van der Waals surface area contributed by atoms with E-state index in [0.717, 1.165) is 0 Å². The van der Waals surface area contributed by atoms with E-state index in [1.165, 1.54) is 6.08 Å². The van der Waals surface area contributed by atoms with Gasteiger partial charge in [0.25, 0.3) is 0 Å². The van der Waals surface area contributed by atoms with Crippen molar-refractivity contribution in [3.63, 3.8) is 0 Å². The average molecular weight is 313 g/mol. The Morgan fingerprint density at radius 1 is 0.957 bits per heavy atom. The van der Waals surface area contributed by atoms with Crippen LogP contribution in [0.25, 0.3) is 6.08 Å². The number of para-hydroxylation sites is 1. The van der Waals surface area contributed by atoms with E-state index >= 15 is 0 Å². The number of rotatable bonds is 6. The number of carbonyl (C=O) groups is 1. The van der Waals surface area contributed by atoms with E-state index in [-0.39, 0.29) is 5.78 Å². The van der Waals surface area contributed by atoms with Crippen LogP contribution in [0.1, 0.15) is 15.9 Å². The molecule has 0 aliphatic rings. The van der Waals surface area contributed by atoms with Gasteiger partial charge in [0.2, 0.25) is 0 Å². The third-order valence-electron chi connectivity index (χ3n) is 3.38. The molecule has 0 radical (unpaired) electrons. The lowest BCUT2D eigenvalue weighted by atomic mass is 10.1. The molecule has 5 nitrogen and oxygen atoms in total. The Balaban J connectivity index is 2.35. The Labute approximate surface area is 135 Å². The van der Waals surface area contributed by atoms with E-state index < -0.39 is 0 Å². The standard InChI is InChI=1S/C18H19NO4/c1-21-16-11-18(23-3)17(22-2)10-12(16)8-9-15(20)13-6-4-5-7-14(13)19/h4-11H,19H2,1-3H3. The summed E-state index contributed by atoms with van der Waals surface area (Å²) in [6.45, 7) is 0. The second kappa shape index (κ2) is 7.35. The van der Waals surface area contributed by atoms with E-state index in [9.17, 15) is 4.79 Å². The smallest absolute Gasteiger partial charge is 0.187 e. The Morgan fingerprint density at radius 3 is 2.17 bits per heavy atom. The SMILES string of the molecule is COc1cc(OC)c(OC)cc1C=CC(=O)c1ccccc1N. The summed E-state index contributed by atoms with van der Waals surface area (Å²) >= 11 is 0. The topological polar surface area (TPSA) is 70.8 Å². The first-order valence-electron chi connectivity index (χ1n) is 6.97. The normalized spacial score (nSPS) is 10.6. The summed E-state index contributed by atoms with van der Waals surface area (Å²) in [6.07, 6.45) is 3.12. The maximum atomic E-state index is 12.3. The quantitative estimate of drug-likeness (QED) is 0.504. The summed E-state index contributed by atoms with van der Waals surface area (Å²) in [5.74, 6) is 1.51. The van der Waals surface area contributed by atoms with E-state index in [4.69, 9.17) is 19.9 Å². The summed E-state index contributed by atoms with van der Waals surface area (Å²) in [6, 6.07) is 10.4. The third-order valence-corrected chi connectivity index (χ3v) is 3.38. The molecule has 5 heteroatoms. The molecule has 0 aromatic heterocycles. The van der Waals surface area contributed by atoms with E-state index in [1.54, 1.807) is 63.8 Å². The van der Waals surface area contributed by atoms with E-state index in [1.807, 2.05) is 0 Å². The average Bonchev–Trinajstić information content (AvgIpc) is 2.59. The van der Waals surface area contributed by atoms with Gasteiger partial charge in [-0.3, -0.25) is 4.79 Å². The molecule has 2 rings (SSSR count). The predicted octanol–water partition coefficient (Wildman–Crippen LogP) is 3.19. The molecule has 120 valence electrons. The van der Waals surface area contributed by atoms with Crippen LogP contribution in [0.3, 0.4) is 0 Å². The Hall–Kier alpha value is -2.95. The van der Waals surface area contributed by atoms with Crippen molar-refractivity contribution in [1.29, 1.82) is 0 Å². The highest BCUT2D eigenvalue weighted by atomic mass is 16.5. The number of ether oxygens (including phenoxy) is 3. The van der Waals surface area contributed by atoms with Crippen molar-refractivity contribution >= 4 is 17.5 Å². The molecule has 0 heterocycles. The molecule has 2 aromatic carbocycles. The highest BCUT2D eigenvalue weighted by Gasteiger charge is 2.11. The highest BCUT2D eigenvalue weighted by molar-refractivity contribution is 6.10. The summed E-state index contributed by atoms with van der Waals surface area (Å²) in [7, 11) is 4.65. The molecule has 2 N–H and O–H groups in total. The summed E-state index contributed by atoms with van der Waals surface area (Å²) in [5, 5.41) is 0. The minimum absolute atomic E-state index is 0.181. The van der Waals surface area contributed by atoms with E-state index in [0.29, 0.717) is 34.1 Å². The van der Waals surface area contributed by atoms with Gasteiger partial charge in [0.15, 0.2) is 17.3 Å². The molecular formula is C18H19NO4. The maximum absolute atomic E-state index is 12.3. The Morgan fingerprint density at radius 2 is 1.57 bits per heavy atom. The van der Waals surface area contributed by atoms with E-state index in [2.05, 4.69) is 0 Å². The molecule has 0 saturated heterocycles. The van der Waals surface area contributed by atoms with Gasteiger partial charge < -0.3 is 19.9 Å². The number of nitrogen functional groups attached to an aromatic ring is 1. The fourth-order valence-electron chi connectivity index (χ4n) is 2.16. The van der Waals surface area contributed by atoms with Crippen LogP contribution in [0.15, 0.2) is 42.5 Å². The lowest BCUT2D eigenvalue weighted by molar-refractivity contribution is 0.104. The molecule has 23 heavy (non-hydrogen) atoms. The second-order valence-corrected chi connectivity index (χ2v) is 4.73. The third kappa shape index (κ3) is 3.63. The molecule has 0 bridgehead atoms. The molecular weight excluding hydrogens is 294 g/mol. The van der Waals surface area contributed by atoms with Crippen molar-refractivity contribution in [3.05, 3.63) is 53.6 Å². The molecule has 0 amide bonds. The zero-order valence-electron chi connectivity index (χ0n) is 13.3. The van der Waals surface area contributed by atoms with Crippen molar-refractivity contribution in [2.75, 3.05) is 27.1 Å². The van der Waals surface area contributed by atoms with Gasteiger partial charge in [-0.05, 0) is 30.4 Å². The fraction of sp³-hybridized carbons (Fsp3) is 0.167. The van der Waals surface area contributed by atoms with Crippen LogP contribution < -0.4 is 19.9 Å². The first-order chi connectivity index (χ1) is 11.1. The molecule has 0 aliphatic heterocycles. The first-order valence-corrected chi connectivity index (χ1v) is 6.97. The van der Waals surface area contributed by atoms with Crippen LogP contribution in [0, 0.1) is 0 Å². The van der Waals surface area contributed by atoms with Crippen molar-refractivity contribution in [2.24, 2.45) is 0 Å². The van der Waals surface area contributed by atoms with Crippen molar-refractivity contribution < 1.29 is 19.0 Å². The predicted molar refractivity (Wildman–Crippen MR) is 90.3 cm³/mol. The van der Waals surface area contributed by atoms with Crippen LogP contribution >= 0.6 is 0 Å². The van der Waals surface area contributed by atoms with Gasteiger partial charge in [0, 0.05) is 22.9 Å². The molecule has 0 spiro atoms. The zero-order chi connectivity index (χ0) is 16.8. The second-order valence-electron chi connectivity index (χ2n) is 4.73. The van der Waals surface area contributed by atoms with Gasteiger partial charge in [-0.1, -0.05) is 12.1 Å². The number of allylic oxidation sites excluding steroid dienone is 1. The van der Waals surface area contributed by atoms with Crippen molar-refractivity contribution in [2.45, 2.75) is 0 Å². The monoisotopic (exact) mass is 313 g/mol. The largest absolute Gasteiger partial charge is 0.496 e. The van der Waals surface area contributed by atoms with Gasteiger partial charge in [-0.25, -0.2) is 0 Å². The number of hydrogen-bond donors (Lipinski definition) is 1. The lowest BCUT2D eigenvalue weighted by Crippen LogP contribution is -2.00. The van der Waals surface area contributed by atoms with Crippen LogP contribution in [0.2, 0.25) is 0 Å². The van der Waals surface area contributed by atoms with Gasteiger partial charge in [0.1, 0.15) is 5.75 Å². The van der Waals surface area contributed by atoms with Gasteiger partial charge in [-0.15, -0.1) is 0 Å². The number of hydrogen-bond acceptors (Lipinski definition) is 5. The van der Waals surface area contributed by atoms with Gasteiger partial charge in [0.05, 0.1) is 21.3 Å². The molecule has 0 atom stereocenters. The van der Waals surface area contributed by atoms with Crippen LogP contribution in [-0.4, -0.2) is 27.1 Å². The number of carbonyl (C=O) groups excluding carboxylic acids is 1. The minimum atomic E-state index is -0.181. The zero-order valence-corrected chi connectivity index (χ0v) is 13.3. The molecule has 2 aromatic rings. The number of ketones is 1. The molecule has 0 aliphatic carbocycles. The maximum Gasteiger partial charge on any atom is 0.187 e. The number of methoxy groups -OCH3 is 3. The summed E-state index contributed by atoms with van der Waals surface area (Å²) in [5.41, 5.74) is 7.42. The highest BCUT2D eigenvalue weighted by Crippen LogP contribution is 2.35. The Bertz CT molecular complexity index is 738. The first kappa shape index (κ1) is 16.4. The Kier molecular flexibility index (Phi) is 5.25. The molecule has 0 unspecified atom stereocenters. The van der Waals surface area contributed by atoms with Crippen LogP contribution in [0.5, 0.6) is 17.2 Å². The molecule has 0 saturated carbocycles. The minimum Gasteiger partial charge on any atom is -0.496 e. The summed E-state index contributed by atoms with van der Waals surface area (Å²) < 4.78 is 15.8. The summed E-state index contributed by atoms with van der Waals surface area (Å²) in [4.78, 5) is 12.3. The number of anilines is 1. The van der Waals surface area contributed by atoms with Crippen molar-refractivity contribution in [1.82, 2.24) is 0 Å². The van der Waals surface area contributed by atoms with Gasteiger partial charge >= 0.3 is 0 Å². The van der Waals surface area contributed by atoms with Crippen LogP contribution in [0.4, 0.5) is 5.69 Å². The van der Waals surface area contributed by atoms with Crippen molar-refractivity contribution in [3.8, 4) is 17.2 Å². The number of benzene rings is 2. The number of nitrogens with two attached hydrogens (primary N) is 1.